The first-order chi connectivity index (χ1) is 9.13. The van der Waals surface area contributed by atoms with Crippen LogP contribution in [0.1, 0.15) is 51.6 Å². The summed E-state index contributed by atoms with van der Waals surface area (Å²) in [4.78, 5) is 18.1. The summed E-state index contributed by atoms with van der Waals surface area (Å²) < 4.78 is 0. The SMILES string of the molecule is CC[C@H](C)Nc1ncccc1[C@@H]1CCCN1C(C)=O. The summed E-state index contributed by atoms with van der Waals surface area (Å²) in [5.74, 6) is 1.08. The number of pyridine rings is 1. The number of nitrogens with zero attached hydrogens (tertiary/aromatic N) is 2. The molecular formula is C15H23N3O. The van der Waals surface area contributed by atoms with Gasteiger partial charge in [0.2, 0.25) is 5.91 Å². The molecule has 0 unspecified atom stereocenters. The number of hydrogen-bond donors (Lipinski definition) is 1. The summed E-state index contributed by atoms with van der Waals surface area (Å²) in [6.45, 7) is 6.81. The second-order valence-corrected chi connectivity index (χ2v) is 5.27. The molecule has 4 nitrogen and oxygen atoms in total. The second-order valence-electron chi connectivity index (χ2n) is 5.27. The minimum absolute atomic E-state index is 0.154. The van der Waals surface area contributed by atoms with E-state index in [1.807, 2.05) is 11.0 Å². The molecule has 4 heteroatoms. The van der Waals surface area contributed by atoms with E-state index in [4.69, 9.17) is 0 Å². The van der Waals surface area contributed by atoms with Gasteiger partial charge in [-0.05, 0) is 32.3 Å². The molecule has 2 atom stereocenters. The topological polar surface area (TPSA) is 45.2 Å². The van der Waals surface area contributed by atoms with Crippen LogP contribution in [-0.2, 0) is 4.79 Å². The van der Waals surface area contributed by atoms with E-state index in [9.17, 15) is 4.79 Å². The fourth-order valence-corrected chi connectivity index (χ4v) is 2.61. The van der Waals surface area contributed by atoms with Crippen molar-refractivity contribution >= 4 is 11.7 Å². The van der Waals surface area contributed by atoms with Gasteiger partial charge in [-0.15, -0.1) is 0 Å². The summed E-state index contributed by atoms with van der Waals surface area (Å²) >= 11 is 0. The molecule has 2 rings (SSSR count). The summed E-state index contributed by atoms with van der Waals surface area (Å²) in [5.41, 5.74) is 1.15. The molecule has 0 radical (unpaired) electrons. The maximum Gasteiger partial charge on any atom is 0.219 e. The van der Waals surface area contributed by atoms with E-state index in [0.717, 1.165) is 37.2 Å². The zero-order chi connectivity index (χ0) is 13.8. The predicted octanol–water partition coefficient (Wildman–Crippen LogP) is 2.98. The average Bonchev–Trinajstić information content (AvgIpc) is 2.88. The summed E-state index contributed by atoms with van der Waals surface area (Å²) in [5, 5.41) is 3.45. The third-order valence-corrected chi connectivity index (χ3v) is 3.85. The smallest absolute Gasteiger partial charge is 0.219 e. The van der Waals surface area contributed by atoms with E-state index in [1.54, 1.807) is 13.1 Å². The van der Waals surface area contributed by atoms with Crippen LogP contribution < -0.4 is 5.32 Å². The Balaban J connectivity index is 2.26. The van der Waals surface area contributed by atoms with E-state index >= 15 is 0 Å². The van der Waals surface area contributed by atoms with Crippen molar-refractivity contribution < 1.29 is 4.79 Å². The predicted molar refractivity (Wildman–Crippen MR) is 77.0 cm³/mol. The maximum absolute atomic E-state index is 11.7. The Kier molecular flexibility index (Phi) is 4.40. The van der Waals surface area contributed by atoms with Crippen LogP contribution in [0.2, 0.25) is 0 Å². The Hall–Kier alpha value is -1.58. The van der Waals surface area contributed by atoms with E-state index in [1.165, 1.54) is 0 Å². The van der Waals surface area contributed by atoms with Crippen LogP contribution in [0.3, 0.4) is 0 Å². The average molecular weight is 261 g/mol. The number of likely N-dealkylation sites (tertiary alicyclic amines) is 1. The van der Waals surface area contributed by atoms with Crippen molar-refractivity contribution in [3.8, 4) is 0 Å². The Labute approximate surface area is 115 Å². The zero-order valence-corrected chi connectivity index (χ0v) is 12.0. The number of amides is 1. The molecule has 2 heterocycles. The van der Waals surface area contributed by atoms with Gasteiger partial charge in [-0.1, -0.05) is 13.0 Å². The number of carbonyl (C=O) groups is 1. The lowest BCUT2D eigenvalue weighted by Crippen LogP contribution is -2.29. The molecule has 1 N–H and O–H groups in total. The summed E-state index contributed by atoms with van der Waals surface area (Å²) in [7, 11) is 0. The fourth-order valence-electron chi connectivity index (χ4n) is 2.61. The quantitative estimate of drug-likeness (QED) is 0.906. The first-order valence-corrected chi connectivity index (χ1v) is 7.12. The molecule has 0 aromatic carbocycles. The van der Waals surface area contributed by atoms with Crippen LogP contribution in [0.15, 0.2) is 18.3 Å². The Morgan fingerprint density at radius 3 is 3.11 bits per heavy atom. The molecule has 1 fully saturated rings. The van der Waals surface area contributed by atoms with Gasteiger partial charge in [0.25, 0.3) is 0 Å². The molecule has 1 aromatic heterocycles. The molecule has 0 bridgehead atoms. The zero-order valence-electron chi connectivity index (χ0n) is 12.0. The van der Waals surface area contributed by atoms with Crippen molar-refractivity contribution in [2.75, 3.05) is 11.9 Å². The molecule has 0 aliphatic carbocycles. The number of aromatic nitrogens is 1. The third-order valence-electron chi connectivity index (χ3n) is 3.85. The number of carbonyl (C=O) groups excluding carboxylic acids is 1. The van der Waals surface area contributed by atoms with Crippen molar-refractivity contribution in [2.24, 2.45) is 0 Å². The molecule has 1 amide bonds. The van der Waals surface area contributed by atoms with Gasteiger partial charge in [-0.3, -0.25) is 4.79 Å². The van der Waals surface area contributed by atoms with Gasteiger partial charge >= 0.3 is 0 Å². The molecule has 104 valence electrons. The van der Waals surface area contributed by atoms with E-state index in [0.29, 0.717) is 6.04 Å². The van der Waals surface area contributed by atoms with Crippen LogP contribution in [-0.4, -0.2) is 28.4 Å². The Morgan fingerprint density at radius 2 is 2.42 bits per heavy atom. The summed E-state index contributed by atoms with van der Waals surface area (Å²) in [6, 6.07) is 4.61. The number of anilines is 1. The molecule has 0 spiro atoms. The second kappa shape index (κ2) is 6.04. The van der Waals surface area contributed by atoms with E-state index in [2.05, 4.69) is 30.2 Å². The van der Waals surface area contributed by atoms with Gasteiger partial charge in [0.05, 0.1) is 6.04 Å². The van der Waals surface area contributed by atoms with Gasteiger partial charge in [0.1, 0.15) is 5.82 Å². The molecule has 1 aromatic rings. The highest BCUT2D eigenvalue weighted by Crippen LogP contribution is 2.35. The fraction of sp³-hybridized carbons (Fsp3) is 0.600. The number of rotatable bonds is 4. The number of hydrogen-bond acceptors (Lipinski definition) is 3. The van der Waals surface area contributed by atoms with Gasteiger partial charge in [-0.25, -0.2) is 4.98 Å². The number of nitrogens with one attached hydrogen (secondary N) is 1. The highest BCUT2D eigenvalue weighted by Gasteiger charge is 2.29. The Morgan fingerprint density at radius 1 is 1.63 bits per heavy atom. The van der Waals surface area contributed by atoms with E-state index in [-0.39, 0.29) is 11.9 Å². The molecule has 1 aliphatic heterocycles. The van der Waals surface area contributed by atoms with Gasteiger partial charge < -0.3 is 10.2 Å². The first-order valence-electron chi connectivity index (χ1n) is 7.12. The lowest BCUT2D eigenvalue weighted by atomic mass is 10.0. The molecule has 1 saturated heterocycles. The van der Waals surface area contributed by atoms with Gasteiger partial charge in [0.15, 0.2) is 0 Å². The van der Waals surface area contributed by atoms with Gasteiger partial charge in [0, 0.05) is 31.3 Å². The lowest BCUT2D eigenvalue weighted by Gasteiger charge is -2.26. The van der Waals surface area contributed by atoms with Crippen molar-refractivity contribution in [2.45, 2.75) is 52.1 Å². The van der Waals surface area contributed by atoms with Crippen molar-refractivity contribution in [1.29, 1.82) is 0 Å². The van der Waals surface area contributed by atoms with E-state index < -0.39 is 0 Å². The van der Waals surface area contributed by atoms with Gasteiger partial charge in [-0.2, -0.15) is 0 Å². The normalized spacial score (nSPS) is 20.4. The molecular weight excluding hydrogens is 238 g/mol. The molecule has 19 heavy (non-hydrogen) atoms. The maximum atomic E-state index is 11.7. The molecule has 0 saturated carbocycles. The monoisotopic (exact) mass is 261 g/mol. The van der Waals surface area contributed by atoms with Crippen molar-refractivity contribution in [3.05, 3.63) is 23.9 Å². The van der Waals surface area contributed by atoms with Crippen LogP contribution >= 0.6 is 0 Å². The highest BCUT2D eigenvalue weighted by atomic mass is 16.2. The van der Waals surface area contributed by atoms with Crippen LogP contribution in [0, 0.1) is 0 Å². The third kappa shape index (κ3) is 3.06. The highest BCUT2D eigenvalue weighted by molar-refractivity contribution is 5.74. The lowest BCUT2D eigenvalue weighted by molar-refractivity contribution is -0.129. The summed E-state index contributed by atoms with van der Waals surface area (Å²) in [6.07, 6.45) is 4.96. The Bertz CT molecular complexity index is 447. The van der Waals surface area contributed by atoms with Crippen molar-refractivity contribution in [3.63, 3.8) is 0 Å². The standard InChI is InChI=1S/C15H23N3O/c1-4-11(2)17-15-13(7-5-9-16-15)14-8-6-10-18(14)12(3)19/h5,7,9,11,14H,4,6,8,10H2,1-3H3,(H,16,17)/t11-,14-/m0/s1. The minimum atomic E-state index is 0.154. The largest absolute Gasteiger partial charge is 0.367 e. The van der Waals surface area contributed by atoms with Crippen LogP contribution in [0.5, 0.6) is 0 Å². The van der Waals surface area contributed by atoms with Crippen LogP contribution in [0.4, 0.5) is 5.82 Å². The minimum Gasteiger partial charge on any atom is -0.367 e. The van der Waals surface area contributed by atoms with Crippen LogP contribution in [0.25, 0.3) is 0 Å². The molecule has 1 aliphatic rings. The first kappa shape index (κ1) is 13.8. The van der Waals surface area contributed by atoms with Crippen molar-refractivity contribution in [1.82, 2.24) is 9.88 Å².